The van der Waals surface area contributed by atoms with Crippen molar-refractivity contribution in [1.29, 1.82) is 0 Å². The van der Waals surface area contributed by atoms with Gasteiger partial charge in [0.25, 0.3) is 0 Å². The van der Waals surface area contributed by atoms with E-state index in [9.17, 15) is 0 Å². The van der Waals surface area contributed by atoms with Crippen LogP contribution < -0.4 is 11.1 Å². The van der Waals surface area contributed by atoms with Gasteiger partial charge in [-0.05, 0) is 46.6 Å². The molecule has 0 spiro atoms. The lowest BCUT2D eigenvalue weighted by Crippen LogP contribution is -1.97. The molecule has 88 valence electrons. The molecule has 5 heteroatoms. The van der Waals surface area contributed by atoms with Crippen LogP contribution >= 0.6 is 27.5 Å². The summed E-state index contributed by atoms with van der Waals surface area (Å²) in [6.07, 6.45) is 1.73. The topological polar surface area (TPSA) is 50.9 Å². The number of anilines is 3. The lowest BCUT2D eigenvalue weighted by Gasteiger charge is -2.09. The monoisotopic (exact) mass is 311 g/mol. The molecule has 0 saturated heterocycles. The molecule has 0 radical (unpaired) electrons. The van der Waals surface area contributed by atoms with Crippen molar-refractivity contribution in [2.24, 2.45) is 0 Å². The number of nitrogen functional groups attached to an aromatic ring is 1. The van der Waals surface area contributed by atoms with Gasteiger partial charge in [0.15, 0.2) is 0 Å². The maximum absolute atomic E-state index is 5.93. The van der Waals surface area contributed by atoms with Crippen LogP contribution in [0.15, 0.2) is 34.9 Å². The van der Waals surface area contributed by atoms with Crippen LogP contribution in [0.4, 0.5) is 17.2 Å². The van der Waals surface area contributed by atoms with E-state index in [4.69, 9.17) is 17.3 Å². The smallest absolute Gasteiger partial charge is 0.132 e. The van der Waals surface area contributed by atoms with Crippen molar-refractivity contribution in [1.82, 2.24) is 4.98 Å². The molecule has 3 nitrogen and oxygen atoms in total. The molecular weight excluding hydrogens is 302 g/mol. The number of nitrogens with two attached hydrogens (primary N) is 1. The first-order valence-electron chi connectivity index (χ1n) is 5.00. The molecule has 0 unspecified atom stereocenters. The Morgan fingerprint density at radius 1 is 1.35 bits per heavy atom. The van der Waals surface area contributed by atoms with Crippen molar-refractivity contribution >= 4 is 44.7 Å². The Labute approximate surface area is 113 Å². The second kappa shape index (κ2) is 4.94. The number of aryl methyl sites for hydroxylation is 1. The Morgan fingerprint density at radius 2 is 2.12 bits per heavy atom. The number of nitrogens with one attached hydrogen (secondary N) is 1. The number of pyridine rings is 1. The van der Waals surface area contributed by atoms with Crippen LogP contribution in [0.2, 0.25) is 5.02 Å². The van der Waals surface area contributed by atoms with Gasteiger partial charge in [0.05, 0.1) is 5.69 Å². The predicted molar refractivity (Wildman–Crippen MR) is 75.8 cm³/mol. The van der Waals surface area contributed by atoms with Gasteiger partial charge in [0.2, 0.25) is 0 Å². The van der Waals surface area contributed by atoms with Crippen LogP contribution in [0.25, 0.3) is 0 Å². The first-order chi connectivity index (χ1) is 8.06. The molecule has 0 saturated carbocycles. The molecule has 0 amide bonds. The Kier molecular flexibility index (Phi) is 3.54. The third-order valence-corrected chi connectivity index (χ3v) is 3.26. The number of benzene rings is 1. The van der Waals surface area contributed by atoms with Gasteiger partial charge in [-0.25, -0.2) is 4.98 Å². The minimum atomic E-state index is 0.663. The van der Waals surface area contributed by atoms with E-state index in [0.29, 0.717) is 16.5 Å². The van der Waals surface area contributed by atoms with E-state index in [0.717, 1.165) is 15.7 Å². The first kappa shape index (κ1) is 12.2. The fourth-order valence-electron chi connectivity index (χ4n) is 1.34. The third kappa shape index (κ3) is 2.90. The van der Waals surface area contributed by atoms with Crippen LogP contribution in [0.3, 0.4) is 0 Å². The van der Waals surface area contributed by atoms with Gasteiger partial charge < -0.3 is 11.1 Å². The highest BCUT2D eigenvalue weighted by atomic mass is 79.9. The minimum absolute atomic E-state index is 0.663. The Hall–Kier alpha value is -1.26. The molecule has 1 aromatic heterocycles. The Morgan fingerprint density at radius 3 is 2.82 bits per heavy atom. The van der Waals surface area contributed by atoms with Gasteiger partial charge in [0.1, 0.15) is 5.82 Å². The molecule has 1 aromatic carbocycles. The van der Waals surface area contributed by atoms with Crippen LogP contribution in [0.1, 0.15) is 5.56 Å². The van der Waals surface area contributed by atoms with Gasteiger partial charge in [-0.1, -0.05) is 11.6 Å². The average Bonchev–Trinajstić information content (AvgIpc) is 2.29. The van der Waals surface area contributed by atoms with E-state index in [-0.39, 0.29) is 0 Å². The number of hydrogen-bond acceptors (Lipinski definition) is 3. The molecule has 0 atom stereocenters. The summed E-state index contributed by atoms with van der Waals surface area (Å²) >= 11 is 9.37. The summed E-state index contributed by atoms with van der Waals surface area (Å²) in [5.74, 6) is 0.691. The normalized spacial score (nSPS) is 10.3. The largest absolute Gasteiger partial charge is 0.398 e. The van der Waals surface area contributed by atoms with Crippen molar-refractivity contribution in [3.8, 4) is 0 Å². The summed E-state index contributed by atoms with van der Waals surface area (Å²) in [6.45, 7) is 1.92. The SMILES string of the molecule is Cc1cnc(Nc2cc(Cl)ccc2Br)cc1N. The molecule has 3 N–H and O–H groups in total. The predicted octanol–water partition coefficient (Wildman–Crippen LogP) is 4.13. The van der Waals surface area contributed by atoms with E-state index in [1.54, 1.807) is 12.3 Å². The molecule has 1 heterocycles. The molecule has 0 bridgehead atoms. The second-order valence-corrected chi connectivity index (χ2v) is 4.97. The highest BCUT2D eigenvalue weighted by Crippen LogP contribution is 2.28. The molecule has 0 fully saturated rings. The molecule has 0 aliphatic heterocycles. The Balaban J connectivity index is 2.31. The zero-order chi connectivity index (χ0) is 12.4. The second-order valence-electron chi connectivity index (χ2n) is 3.68. The number of aromatic nitrogens is 1. The van der Waals surface area contributed by atoms with Gasteiger partial charge in [-0.3, -0.25) is 0 Å². The standard InChI is InChI=1S/C12H11BrClN3/c1-7-6-16-12(5-10(7)15)17-11-4-8(14)2-3-9(11)13/h2-6H,1H3,(H3,15,16,17). The number of hydrogen-bond donors (Lipinski definition) is 2. The summed E-state index contributed by atoms with van der Waals surface area (Å²) in [6, 6.07) is 7.31. The highest BCUT2D eigenvalue weighted by molar-refractivity contribution is 9.10. The van der Waals surface area contributed by atoms with E-state index in [1.807, 2.05) is 25.1 Å². The minimum Gasteiger partial charge on any atom is -0.398 e. The van der Waals surface area contributed by atoms with Crippen molar-refractivity contribution < 1.29 is 0 Å². The van der Waals surface area contributed by atoms with E-state index < -0.39 is 0 Å². The Bertz CT molecular complexity index is 557. The van der Waals surface area contributed by atoms with Gasteiger partial charge in [-0.15, -0.1) is 0 Å². The quantitative estimate of drug-likeness (QED) is 0.876. The van der Waals surface area contributed by atoms with Crippen LogP contribution in [-0.4, -0.2) is 4.98 Å². The van der Waals surface area contributed by atoms with Gasteiger partial charge >= 0.3 is 0 Å². The number of nitrogens with zero attached hydrogens (tertiary/aromatic N) is 1. The number of rotatable bonds is 2. The van der Waals surface area contributed by atoms with E-state index in [1.165, 1.54) is 0 Å². The molecule has 2 aromatic rings. The first-order valence-corrected chi connectivity index (χ1v) is 6.17. The van der Waals surface area contributed by atoms with Gasteiger partial charge in [-0.2, -0.15) is 0 Å². The van der Waals surface area contributed by atoms with E-state index >= 15 is 0 Å². The average molecular weight is 313 g/mol. The van der Waals surface area contributed by atoms with Crippen LogP contribution in [-0.2, 0) is 0 Å². The molecule has 0 aliphatic rings. The highest BCUT2D eigenvalue weighted by Gasteiger charge is 2.03. The zero-order valence-electron chi connectivity index (χ0n) is 9.17. The van der Waals surface area contributed by atoms with Gasteiger partial charge in [0, 0.05) is 27.4 Å². The van der Waals surface area contributed by atoms with Crippen LogP contribution in [0.5, 0.6) is 0 Å². The van der Waals surface area contributed by atoms with Crippen molar-refractivity contribution in [3.05, 3.63) is 45.5 Å². The molecule has 0 aliphatic carbocycles. The van der Waals surface area contributed by atoms with Crippen molar-refractivity contribution in [2.75, 3.05) is 11.1 Å². The summed E-state index contributed by atoms with van der Waals surface area (Å²) in [5.41, 5.74) is 8.35. The number of halogens is 2. The zero-order valence-corrected chi connectivity index (χ0v) is 11.5. The molecule has 2 rings (SSSR count). The summed E-state index contributed by atoms with van der Waals surface area (Å²) in [4.78, 5) is 4.25. The fourth-order valence-corrected chi connectivity index (χ4v) is 1.86. The lowest BCUT2D eigenvalue weighted by atomic mass is 10.2. The van der Waals surface area contributed by atoms with Crippen LogP contribution in [0, 0.1) is 6.92 Å². The maximum Gasteiger partial charge on any atom is 0.132 e. The molecule has 17 heavy (non-hydrogen) atoms. The lowest BCUT2D eigenvalue weighted by molar-refractivity contribution is 1.26. The molecular formula is C12H11BrClN3. The fraction of sp³-hybridized carbons (Fsp3) is 0.0833. The van der Waals surface area contributed by atoms with E-state index in [2.05, 4.69) is 26.2 Å². The van der Waals surface area contributed by atoms with Crippen molar-refractivity contribution in [3.63, 3.8) is 0 Å². The summed E-state index contributed by atoms with van der Waals surface area (Å²) in [7, 11) is 0. The third-order valence-electron chi connectivity index (χ3n) is 2.34. The maximum atomic E-state index is 5.93. The van der Waals surface area contributed by atoms with Crippen molar-refractivity contribution in [2.45, 2.75) is 6.92 Å². The summed E-state index contributed by atoms with van der Waals surface area (Å²) in [5, 5.41) is 3.82. The summed E-state index contributed by atoms with van der Waals surface area (Å²) < 4.78 is 0.919.